The van der Waals surface area contributed by atoms with Crippen molar-refractivity contribution in [3.8, 4) is 5.75 Å². The van der Waals surface area contributed by atoms with Gasteiger partial charge in [0.15, 0.2) is 0 Å². The van der Waals surface area contributed by atoms with E-state index >= 15 is 0 Å². The minimum atomic E-state index is 0.788. The summed E-state index contributed by atoms with van der Waals surface area (Å²) in [5, 5.41) is 0. The van der Waals surface area contributed by atoms with E-state index in [9.17, 15) is 0 Å². The van der Waals surface area contributed by atoms with Gasteiger partial charge in [0.2, 0.25) is 0 Å². The monoisotopic (exact) mass is 205 g/mol. The second-order valence-electron chi connectivity index (χ2n) is 4.67. The molecule has 1 aromatic heterocycles. The molecular weight excluding hydrogens is 186 g/mol. The summed E-state index contributed by atoms with van der Waals surface area (Å²) in [5.41, 5.74) is 2.59. The second kappa shape index (κ2) is 4.65. The second-order valence-corrected chi connectivity index (χ2v) is 4.67. The highest BCUT2D eigenvalue weighted by molar-refractivity contribution is 5.41. The number of aryl methyl sites for hydroxylation is 1. The van der Waals surface area contributed by atoms with Crippen LogP contribution in [0.5, 0.6) is 5.75 Å². The van der Waals surface area contributed by atoms with Crippen LogP contribution in [-0.2, 0) is 12.8 Å². The Morgan fingerprint density at radius 3 is 3.07 bits per heavy atom. The van der Waals surface area contributed by atoms with Gasteiger partial charge >= 0.3 is 0 Å². The lowest BCUT2D eigenvalue weighted by Crippen LogP contribution is -1.95. The molecule has 1 aliphatic rings. The number of pyridine rings is 1. The van der Waals surface area contributed by atoms with Crippen molar-refractivity contribution >= 4 is 0 Å². The van der Waals surface area contributed by atoms with E-state index in [0.29, 0.717) is 0 Å². The van der Waals surface area contributed by atoms with Gasteiger partial charge in [0.25, 0.3) is 0 Å². The molecule has 0 aliphatic carbocycles. The minimum Gasteiger partial charge on any atom is -0.493 e. The van der Waals surface area contributed by atoms with Crippen molar-refractivity contribution < 1.29 is 4.74 Å². The third-order valence-electron chi connectivity index (χ3n) is 2.89. The summed E-state index contributed by atoms with van der Waals surface area (Å²) >= 11 is 0. The number of ether oxygens (including phenoxy) is 1. The van der Waals surface area contributed by atoms with Gasteiger partial charge in [-0.2, -0.15) is 0 Å². The Labute approximate surface area is 91.7 Å². The van der Waals surface area contributed by atoms with Gasteiger partial charge in [0, 0.05) is 29.9 Å². The summed E-state index contributed by atoms with van der Waals surface area (Å²) in [6.07, 6.45) is 8.55. The van der Waals surface area contributed by atoms with Crippen LogP contribution >= 0.6 is 0 Å². The highest BCUT2D eigenvalue weighted by atomic mass is 16.5. The van der Waals surface area contributed by atoms with Crippen LogP contribution in [0.2, 0.25) is 0 Å². The first-order chi connectivity index (χ1) is 7.27. The highest BCUT2D eigenvalue weighted by Gasteiger charge is 2.16. The van der Waals surface area contributed by atoms with Crippen LogP contribution in [0.1, 0.15) is 37.8 Å². The van der Waals surface area contributed by atoms with Gasteiger partial charge in [0.05, 0.1) is 6.61 Å². The van der Waals surface area contributed by atoms with Crippen LogP contribution < -0.4 is 4.74 Å². The molecule has 0 fully saturated rings. The van der Waals surface area contributed by atoms with Gasteiger partial charge in [-0.25, -0.2) is 0 Å². The van der Waals surface area contributed by atoms with Gasteiger partial charge < -0.3 is 4.74 Å². The summed E-state index contributed by atoms with van der Waals surface area (Å²) in [7, 11) is 0. The maximum Gasteiger partial charge on any atom is 0.128 e. The van der Waals surface area contributed by atoms with Gasteiger partial charge in [-0.15, -0.1) is 0 Å². The summed E-state index contributed by atoms with van der Waals surface area (Å²) in [5.74, 6) is 1.91. The van der Waals surface area contributed by atoms with Crippen LogP contribution in [-0.4, -0.2) is 11.6 Å². The molecule has 82 valence electrons. The summed E-state index contributed by atoms with van der Waals surface area (Å²) in [6.45, 7) is 5.37. The molecule has 15 heavy (non-hydrogen) atoms. The maximum absolute atomic E-state index is 5.65. The molecule has 0 saturated heterocycles. The predicted octanol–water partition coefficient (Wildman–Crippen LogP) is 3.00. The number of hydrogen-bond donors (Lipinski definition) is 0. The average molecular weight is 205 g/mol. The summed E-state index contributed by atoms with van der Waals surface area (Å²) in [6, 6.07) is 0. The lowest BCUT2D eigenvalue weighted by molar-refractivity contribution is 0.352. The van der Waals surface area contributed by atoms with E-state index in [0.717, 1.165) is 31.1 Å². The molecule has 0 amide bonds. The quantitative estimate of drug-likeness (QED) is 0.754. The summed E-state index contributed by atoms with van der Waals surface area (Å²) < 4.78 is 5.65. The Morgan fingerprint density at radius 2 is 2.27 bits per heavy atom. The Kier molecular flexibility index (Phi) is 3.24. The van der Waals surface area contributed by atoms with E-state index in [1.54, 1.807) is 0 Å². The van der Waals surface area contributed by atoms with Crippen molar-refractivity contribution in [1.29, 1.82) is 0 Å². The standard InChI is InChI=1S/C13H19NO/c1-10(2)4-3-5-11-8-14-9-12-6-7-15-13(11)12/h8-10H,3-7H2,1-2H3. The topological polar surface area (TPSA) is 22.1 Å². The SMILES string of the molecule is CC(C)CCCc1cncc2c1OCC2. The summed E-state index contributed by atoms with van der Waals surface area (Å²) in [4.78, 5) is 4.27. The lowest BCUT2D eigenvalue weighted by atomic mass is 10.0. The first kappa shape index (κ1) is 10.5. The maximum atomic E-state index is 5.65. The molecular formula is C13H19NO. The molecule has 2 nitrogen and oxygen atoms in total. The van der Waals surface area contributed by atoms with E-state index in [1.165, 1.54) is 24.0 Å². The Hall–Kier alpha value is -1.05. The molecule has 1 aromatic rings. The van der Waals surface area contributed by atoms with E-state index in [1.807, 2.05) is 12.4 Å². The van der Waals surface area contributed by atoms with Gasteiger partial charge in [-0.05, 0) is 18.8 Å². The zero-order valence-corrected chi connectivity index (χ0v) is 9.62. The molecule has 2 rings (SSSR count). The van der Waals surface area contributed by atoms with Crippen LogP contribution in [0.15, 0.2) is 12.4 Å². The number of nitrogens with zero attached hydrogens (tertiary/aromatic N) is 1. The van der Waals surface area contributed by atoms with E-state index in [-0.39, 0.29) is 0 Å². The highest BCUT2D eigenvalue weighted by Crippen LogP contribution is 2.29. The molecule has 1 aliphatic heterocycles. The minimum absolute atomic E-state index is 0.788. The smallest absolute Gasteiger partial charge is 0.128 e. The fourth-order valence-electron chi connectivity index (χ4n) is 2.05. The van der Waals surface area contributed by atoms with E-state index in [2.05, 4.69) is 18.8 Å². The van der Waals surface area contributed by atoms with Crippen molar-refractivity contribution in [2.24, 2.45) is 5.92 Å². The first-order valence-corrected chi connectivity index (χ1v) is 5.86. The van der Waals surface area contributed by atoms with Crippen molar-refractivity contribution in [3.63, 3.8) is 0 Å². The van der Waals surface area contributed by atoms with Crippen LogP contribution in [0.4, 0.5) is 0 Å². The third-order valence-corrected chi connectivity index (χ3v) is 2.89. The number of aromatic nitrogens is 1. The van der Waals surface area contributed by atoms with Crippen LogP contribution in [0.25, 0.3) is 0 Å². The van der Waals surface area contributed by atoms with Crippen LogP contribution in [0.3, 0.4) is 0 Å². The molecule has 0 atom stereocenters. The fraction of sp³-hybridized carbons (Fsp3) is 0.615. The zero-order valence-electron chi connectivity index (χ0n) is 9.62. The molecule has 0 saturated carbocycles. The van der Waals surface area contributed by atoms with Crippen LogP contribution in [0, 0.1) is 5.92 Å². The first-order valence-electron chi connectivity index (χ1n) is 5.86. The molecule has 0 spiro atoms. The molecule has 0 N–H and O–H groups in total. The van der Waals surface area contributed by atoms with Crippen molar-refractivity contribution in [3.05, 3.63) is 23.5 Å². The molecule has 0 radical (unpaired) electrons. The van der Waals surface area contributed by atoms with E-state index < -0.39 is 0 Å². The largest absolute Gasteiger partial charge is 0.493 e. The molecule has 2 heteroatoms. The van der Waals surface area contributed by atoms with Crippen molar-refractivity contribution in [1.82, 2.24) is 4.98 Å². The number of hydrogen-bond acceptors (Lipinski definition) is 2. The molecule has 0 bridgehead atoms. The lowest BCUT2D eigenvalue weighted by Gasteiger charge is -2.08. The van der Waals surface area contributed by atoms with Crippen molar-refractivity contribution in [2.75, 3.05) is 6.61 Å². The predicted molar refractivity (Wildman–Crippen MR) is 61.2 cm³/mol. The Bertz CT molecular complexity index is 333. The third kappa shape index (κ3) is 2.49. The number of fused-ring (bicyclic) bond motifs is 1. The number of rotatable bonds is 4. The molecule has 0 aromatic carbocycles. The van der Waals surface area contributed by atoms with E-state index in [4.69, 9.17) is 4.74 Å². The normalized spacial score (nSPS) is 14.1. The zero-order chi connectivity index (χ0) is 10.7. The van der Waals surface area contributed by atoms with Gasteiger partial charge in [0.1, 0.15) is 5.75 Å². The Balaban J connectivity index is 2.00. The fourth-order valence-corrected chi connectivity index (χ4v) is 2.05. The molecule has 2 heterocycles. The van der Waals surface area contributed by atoms with Gasteiger partial charge in [-0.3, -0.25) is 4.98 Å². The van der Waals surface area contributed by atoms with Crippen molar-refractivity contribution in [2.45, 2.75) is 39.5 Å². The Morgan fingerprint density at radius 1 is 1.40 bits per heavy atom. The molecule has 0 unspecified atom stereocenters. The average Bonchev–Trinajstić information content (AvgIpc) is 2.65. The van der Waals surface area contributed by atoms with Gasteiger partial charge in [-0.1, -0.05) is 20.3 Å².